The van der Waals surface area contributed by atoms with Crippen LogP contribution in [-0.2, 0) is 10.0 Å². The lowest BCUT2D eigenvalue weighted by molar-refractivity contribution is 0.601. The highest BCUT2D eigenvalue weighted by Gasteiger charge is 2.20. The summed E-state index contributed by atoms with van der Waals surface area (Å²) in [5.41, 5.74) is 7.13. The van der Waals surface area contributed by atoms with Gasteiger partial charge in [-0.1, -0.05) is 71.8 Å². The first-order valence-electron chi connectivity index (χ1n) is 12.8. The highest BCUT2D eigenvalue weighted by atomic mass is 35.5. The summed E-state index contributed by atoms with van der Waals surface area (Å²) in [6.45, 7) is 1.90. The van der Waals surface area contributed by atoms with E-state index in [0.29, 0.717) is 27.7 Å². The Labute approximate surface area is 243 Å². The van der Waals surface area contributed by atoms with Crippen LogP contribution in [0.15, 0.2) is 114 Å². The quantitative estimate of drug-likeness (QED) is 0.209. The van der Waals surface area contributed by atoms with Gasteiger partial charge in [-0.25, -0.2) is 13.4 Å². The minimum absolute atomic E-state index is 0.192. The Hall–Kier alpha value is -4.90. The molecular weight excluding hydrogens is 552 g/mol. The third-order valence-corrected chi connectivity index (χ3v) is 8.54. The van der Waals surface area contributed by atoms with Gasteiger partial charge in [0.05, 0.1) is 21.8 Å². The van der Waals surface area contributed by atoms with Gasteiger partial charge in [-0.3, -0.25) is 4.72 Å². The van der Waals surface area contributed by atoms with E-state index in [1.165, 1.54) is 0 Å². The molecule has 0 atom stereocenters. The summed E-state index contributed by atoms with van der Waals surface area (Å²) < 4.78 is 28.4. The lowest BCUT2D eigenvalue weighted by Crippen LogP contribution is -2.12. The minimum atomic E-state index is -3.74. The number of aryl methyl sites for hydroxylation is 1. The molecule has 0 bridgehead atoms. The summed E-state index contributed by atoms with van der Waals surface area (Å²) in [5, 5.41) is 11.9. The van der Waals surface area contributed by atoms with Gasteiger partial charge < -0.3 is 4.98 Å². The van der Waals surface area contributed by atoms with Gasteiger partial charge in [0.25, 0.3) is 10.0 Å². The number of halogens is 1. The monoisotopic (exact) mass is 574 g/mol. The molecule has 0 radical (unpaired) electrons. The highest BCUT2D eigenvalue weighted by Crippen LogP contribution is 2.37. The zero-order valence-corrected chi connectivity index (χ0v) is 23.5. The number of fused-ring (bicyclic) bond motifs is 1. The number of H-pyrrole nitrogens is 1. The highest BCUT2D eigenvalue weighted by molar-refractivity contribution is 7.92. The van der Waals surface area contributed by atoms with Crippen molar-refractivity contribution in [3.05, 3.63) is 125 Å². The molecule has 0 aliphatic heterocycles. The van der Waals surface area contributed by atoms with Gasteiger partial charge in [0.2, 0.25) is 0 Å². The molecule has 200 valence electrons. The fourth-order valence-electron chi connectivity index (χ4n) is 4.77. The Bertz CT molecular complexity index is 2040. The zero-order valence-electron chi connectivity index (χ0n) is 21.9. The number of nitriles is 1. The van der Waals surface area contributed by atoms with Gasteiger partial charge in [-0.15, -0.1) is 0 Å². The molecule has 2 heterocycles. The van der Waals surface area contributed by atoms with E-state index < -0.39 is 10.0 Å². The van der Waals surface area contributed by atoms with Crippen molar-refractivity contribution in [3.63, 3.8) is 0 Å². The van der Waals surface area contributed by atoms with Crippen molar-refractivity contribution >= 4 is 38.2 Å². The molecule has 0 amide bonds. The van der Waals surface area contributed by atoms with E-state index in [1.807, 2.05) is 67.7 Å². The maximum absolute atomic E-state index is 12.9. The summed E-state index contributed by atoms with van der Waals surface area (Å²) >= 11 is 6.15. The fraction of sp³-hybridized carbons (Fsp3) is 0.0303. The first-order valence-corrected chi connectivity index (χ1v) is 14.7. The molecule has 41 heavy (non-hydrogen) atoms. The molecule has 0 saturated carbocycles. The number of pyridine rings is 1. The average Bonchev–Trinajstić information content (AvgIpc) is 3.41. The number of sulfonamides is 1. The average molecular weight is 575 g/mol. The van der Waals surface area contributed by atoms with Crippen molar-refractivity contribution in [2.45, 2.75) is 11.8 Å². The van der Waals surface area contributed by atoms with Crippen LogP contribution in [0.1, 0.15) is 11.1 Å². The standard InChI is InChI=1S/C33H23ClN4O2S/c1-21-6-16-26(17-7-21)41(39,40)38-25-14-10-23(11-15-25)32-18-28(22-8-12-24(34)13-9-22)29(19-35)33(37-32)30-20-36-31-5-3-2-4-27(30)31/h2-18,20,36,38H,1H3. The van der Waals surface area contributed by atoms with E-state index in [1.54, 1.807) is 48.5 Å². The molecule has 2 N–H and O–H groups in total. The number of nitrogens with one attached hydrogen (secondary N) is 2. The maximum atomic E-state index is 12.9. The van der Waals surface area contributed by atoms with Gasteiger partial charge in [0.15, 0.2) is 0 Å². The molecule has 0 aliphatic rings. The van der Waals surface area contributed by atoms with Crippen molar-refractivity contribution < 1.29 is 8.42 Å². The Balaban J connectivity index is 1.45. The number of rotatable bonds is 6. The van der Waals surface area contributed by atoms with Crippen molar-refractivity contribution in [2.24, 2.45) is 0 Å². The van der Waals surface area contributed by atoms with Gasteiger partial charge in [-0.2, -0.15) is 5.26 Å². The van der Waals surface area contributed by atoms with Crippen LogP contribution in [0.2, 0.25) is 5.02 Å². The van der Waals surface area contributed by atoms with Crippen molar-refractivity contribution in [1.82, 2.24) is 9.97 Å². The Kier molecular flexibility index (Phi) is 6.80. The number of benzene rings is 4. The largest absolute Gasteiger partial charge is 0.360 e. The zero-order chi connectivity index (χ0) is 28.6. The predicted molar refractivity (Wildman–Crippen MR) is 164 cm³/mol. The molecule has 0 aliphatic carbocycles. The first kappa shape index (κ1) is 26.3. The van der Waals surface area contributed by atoms with E-state index in [9.17, 15) is 13.7 Å². The molecular formula is C33H23ClN4O2S. The van der Waals surface area contributed by atoms with Crippen LogP contribution in [-0.4, -0.2) is 18.4 Å². The van der Waals surface area contributed by atoms with E-state index >= 15 is 0 Å². The molecule has 0 spiro atoms. The smallest absolute Gasteiger partial charge is 0.261 e. The predicted octanol–water partition coefficient (Wildman–Crippen LogP) is 8.20. The number of aromatic amines is 1. The minimum Gasteiger partial charge on any atom is -0.360 e. The van der Waals surface area contributed by atoms with Gasteiger partial charge >= 0.3 is 0 Å². The van der Waals surface area contributed by atoms with E-state index in [4.69, 9.17) is 16.6 Å². The first-order chi connectivity index (χ1) is 19.8. The summed E-state index contributed by atoms with van der Waals surface area (Å²) in [6.07, 6.45) is 1.87. The summed E-state index contributed by atoms with van der Waals surface area (Å²) in [5.74, 6) is 0. The molecule has 0 fully saturated rings. The number of hydrogen-bond acceptors (Lipinski definition) is 4. The van der Waals surface area contributed by atoms with E-state index in [2.05, 4.69) is 15.8 Å². The molecule has 6 nitrogen and oxygen atoms in total. The Morgan fingerprint density at radius 3 is 2.24 bits per heavy atom. The number of aromatic nitrogens is 2. The van der Waals surface area contributed by atoms with Crippen LogP contribution in [0.5, 0.6) is 0 Å². The SMILES string of the molecule is Cc1ccc(S(=O)(=O)Nc2ccc(-c3cc(-c4ccc(Cl)cc4)c(C#N)c(-c4c[nH]c5ccccc45)n3)cc2)cc1. The third kappa shape index (κ3) is 5.19. The molecule has 8 heteroatoms. The number of nitrogens with zero attached hydrogens (tertiary/aromatic N) is 2. The molecule has 4 aromatic carbocycles. The van der Waals surface area contributed by atoms with Crippen molar-refractivity contribution in [1.29, 1.82) is 5.26 Å². The second kappa shape index (κ2) is 10.6. The molecule has 2 aromatic heterocycles. The molecule has 0 unspecified atom stereocenters. The summed E-state index contributed by atoms with van der Waals surface area (Å²) in [7, 11) is -3.74. The third-order valence-electron chi connectivity index (χ3n) is 6.90. The van der Waals surface area contributed by atoms with Crippen molar-refractivity contribution in [3.8, 4) is 39.7 Å². The topological polar surface area (TPSA) is 98.6 Å². The van der Waals surface area contributed by atoms with Crippen LogP contribution in [0.4, 0.5) is 5.69 Å². The fourth-order valence-corrected chi connectivity index (χ4v) is 5.95. The van der Waals surface area contributed by atoms with Crippen LogP contribution in [0.3, 0.4) is 0 Å². The molecule has 6 aromatic rings. The molecule has 0 saturated heterocycles. The van der Waals surface area contributed by atoms with E-state index in [0.717, 1.165) is 38.7 Å². The second-order valence-corrected chi connectivity index (χ2v) is 11.8. The maximum Gasteiger partial charge on any atom is 0.261 e. The van der Waals surface area contributed by atoms with Crippen LogP contribution in [0.25, 0.3) is 44.5 Å². The Morgan fingerprint density at radius 2 is 1.54 bits per heavy atom. The summed E-state index contributed by atoms with van der Waals surface area (Å²) in [4.78, 5) is 8.43. The van der Waals surface area contributed by atoms with Gasteiger partial charge in [0.1, 0.15) is 6.07 Å². The van der Waals surface area contributed by atoms with Crippen LogP contribution in [0, 0.1) is 18.3 Å². The molecule has 6 rings (SSSR count). The lowest BCUT2D eigenvalue weighted by atomic mass is 9.94. The number of hydrogen-bond donors (Lipinski definition) is 2. The lowest BCUT2D eigenvalue weighted by Gasteiger charge is -2.14. The van der Waals surface area contributed by atoms with Gasteiger partial charge in [-0.05, 0) is 61.0 Å². The van der Waals surface area contributed by atoms with Gasteiger partial charge in [0, 0.05) is 44.5 Å². The normalized spacial score (nSPS) is 11.3. The van der Waals surface area contributed by atoms with Crippen LogP contribution >= 0.6 is 11.6 Å². The summed E-state index contributed by atoms with van der Waals surface area (Å²) in [6, 6.07) is 33.2. The second-order valence-electron chi connectivity index (χ2n) is 9.64. The van der Waals surface area contributed by atoms with Crippen LogP contribution < -0.4 is 4.72 Å². The van der Waals surface area contributed by atoms with Crippen molar-refractivity contribution in [2.75, 3.05) is 4.72 Å². The number of para-hydroxylation sites is 1. The number of anilines is 1. The Morgan fingerprint density at radius 1 is 0.854 bits per heavy atom. The van der Waals surface area contributed by atoms with E-state index in [-0.39, 0.29) is 4.90 Å².